The predicted octanol–water partition coefficient (Wildman–Crippen LogP) is 3.39. The van der Waals surface area contributed by atoms with E-state index in [4.69, 9.17) is 0 Å². The van der Waals surface area contributed by atoms with Crippen molar-refractivity contribution >= 4 is 33.1 Å². The molecule has 0 saturated heterocycles. The normalized spacial score (nSPS) is 26.0. The minimum absolute atomic E-state index is 0.0279. The second kappa shape index (κ2) is 6.48. The van der Waals surface area contributed by atoms with Gasteiger partial charge in [-0.3, -0.25) is 9.59 Å². The largest absolute Gasteiger partial charge is 0.301 e. The summed E-state index contributed by atoms with van der Waals surface area (Å²) in [5.41, 5.74) is 1.23. The summed E-state index contributed by atoms with van der Waals surface area (Å²) in [6.45, 7) is 1.87. The molecule has 0 atom stereocenters. The van der Waals surface area contributed by atoms with E-state index in [1.165, 1.54) is 11.3 Å². The fourth-order valence-electron chi connectivity index (χ4n) is 5.05. The molecular weight excluding hydrogens is 374 g/mol. The summed E-state index contributed by atoms with van der Waals surface area (Å²) in [6.07, 6.45) is 4.90. The van der Waals surface area contributed by atoms with Crippen LogP contribution in [0.5, 0.6) is 0 Å². The van der Waals surface area contributed by atoms with Crippen molar-refractivity contribution < 1.29 is 4.79 Å². The highest BCUT2D eigenvalue weighted by atomic mass is 32.1. The lowest BCUT2D eigenvalue weighted by molar-refractivity contribution is -0.121. The second-order valence-corrected chi connectivity index (χ2v) is 9.42. The Kier molecular flexibility index (Phi) is 4.04. The molecule has 1 aromatic carbocycles. The van der Waals surface area contributed by atoms with Gasteiger partial charge in [-0.15, -0.1) is 10.2 Å². The number of H-pyrrole nitrogens is 1. The number of nitrogens with one attached hydrogen (secondary N) is 2. The molecule has 8 heteroatoms. The van der Waals surface area contributed by atoms with Crippen LogP contribution in [0.15, 0.2) is 29.1 Å². The number of anilines is 1. The Morgan fingerprint density at radius 1 is 1.21 bits per heavy atom. The smallest absolute Gasteiger partial charge is 0.272 e. The molecule has 2 fully saturated rings. The predicted molar refractivity (Wildman–Crippen MR) is 107 cm³/mol. The average molecular weight is 395 g/mol. The highest BCUT2D eigenvalue weighted by molar-refractivity contribution is 7.15. The van der Waals surface area contributed by atoms with Crippen molar-refractivity contribution in [2.45, 2.75) is 44.9 Å². The third-order valence-corrected chi connectivity index (χ3v) is 6.92. The number of aromatic amines is 1. The van der Waals surface area contributed by atoms with Crippen molar-refractivity contribution in [2.24, 2.45) is 11.3 Å². The first kappa shape index (κ1) is 17.5. The monoisotopic (exact) mass is 395 g/mol. The van der Waals surface area contributed by atoms with Gasteiger partial charge in [0.2, 0.25) is 11.0 Å². The molecule has 2 saturated carbocycles. The number of hydrogen-bond acceptors (Lipinski definition) is 6. The van der Waals surface area contributed by atoms with E-state index in [1.807, 2.05) is 31.2 Å². The molecule has 2 heterocycles. The maximum absolute atomic E-state index is 12.2. The zero-order valence-electron chi connectivity index (χ0n) is 15.6. The van der Waals surface area contributed by atoms with Crippen LogP contribution in [0.4, 0.5) is 5.13 Å². The van der Waals surface area contributed by atoms with Crippen LogP contribution in [0.2, 0.25) is 0 Å². The van der Waals surface area contributed by atoms with Gasteiger partial charge in [-0.25, -0.2) is 5.10 Å². The summed E-state index contributed by atoms with van der Waals surface area (Å²) in [4.78, 5) is 24.2. The molecule has 28 heavy (non-hydrogen) atoms. The van der Waals surface area contributed by atoms with Crippen molar-refractivity contribution in [2.75, 3.05) is 5.32 Å². The van der Waals surface area contributed by atoms with Crippen molar-refractivity contribution in [3.05, 3.63) is 45.3 Å². The van der Waals surface area contributed by atoms with Gasteiger partial charge in [0.25, 0.3) is 5.56 Å². The van der Waals surface area contributed by atoms with E-state index < -0.39 is 0 Å². The number of carbonyl (C=O) groups excluding carboxylic acids is 1. The summed E-state index contributed by atoms with van der Waals surface area (Å²) < 4.78 is 0. The number of carbonyl (C=O) groups is 1. The van der Waals surface area contributed by atoms with Gasteiger partial charge in [-0.2, -0.15) is 5.10 Å². The fraction of sp³-hybridized carbons (Fsp3) is 0.450. The van der Waals surface area contributed by atoms with Crippen LogP contribution >= 0.6 is 11.3 Å². The van der Waals surface area contributed by atoms with E-state index in [1.54, 1.807) is 0 Å². The Hall–Kier alpha value is -2.61. The first-order chi connectivity index (χ1) is 13.5. The minimum Gasteiger partial charge on any atom is -0.301 e. The zero-order chi connectivity index (χ0) is 19.3. The molecule has 1 spiro atoms. The van der Waals surface area contributed by atoms with Gasteiger partial charge >= 0.3 is 0 Å². The molecule has 144 valence electrons. The van der Waals surface area contributed by atoms with Gasteiger partial charge in [-0.1, -0.05) is 29.5 Å². The lowest BCUT2D eigenvalue weighted by Crippen LogP contribution is -2.47. The molecule has 0 aliphatic heterocycles. The van der Waals surface area contributed by atoms with Gasteiger partial charge in [0.05, 0.1) is 11.1 Å². The van der Waals surface area contributed by atoms with Crippen molar-refractivity contribution in [3.63, 3.8) is 0 Å². The van der Waals surface area contributed by atoms with Gasteiger partial charge in [0.1, 0.15) is 5.01 Å². The fourth-order valence-corrected chi connectivity index (χ4v) is 5.66. The summed E-state index contributed by atoms with van der Waals surface area (Å²) >= 11 is 1.40. The number of nitrogens with zero attached hydrogens (tertiary/aromatic N) is 3. The van der Waals surface area contributed by atoms with Crippen LogP contribution in [-0.4, -0.2) is 26.3 Å². The number of aryl methyl sites for hydroxylation is 1. The number of benzene rings is 1. The molecule has 2 aliphatic carbocycles. The first-order valence-electron chi connectivity index (χ1n) is 9.59. The molecule has 2 aliphatic rings. The van der Waals surface area contributed by atoms with Gasteiger partial charge < -0.3 is 5.32 Å². The second-order valence-electron chi connectivity index (χ2n) is 8.24. The van der Waals surface area contributed by atoms with E-state index in [2.05, 4.69) is 25.7 Å². The number of fused-ring (bicyclic) bond motifs is 1. The Morgan fingerprint density at radius 3 is 2.68 bits per heavy atom. The van der Waals surface area contributed by atoms with E-state index in [9.17, 15) is 9.59 Å². The van der Waals surface area contributed by atoms with E-state index in [0.29, 0.717) is 34.2 Å². The molecular formula is C20H21N5O2S. The first-order valence-corrected chi connectivity index (χ1v) is 10.4. The zero-order valence-corrected chi connectivity index (χ0v) is 16.4. The number of rotatable bonds is 4. The van der Waals surface area contributed by atoms with E-state index >= 15 is 0 Å². The topological polar surface area (TPSA) is 101 Å². The van der Waals surface area contributed by atoms with Crippen LogP contribution in [0.1, 0.15) is 48.7 Å². The van der Waals surface area contributed by atoms with Crippen LogP contribution in [0.25, 0.3) is 10.8 Å². The highest BCUT2D eigenvalue weighted by Crippen LogP contribution is 2.64. The highest BCUT2D eigenvalue weighted by Gasteiger charge is 2.53. The Labute approximate surface area is 165 Å². The summed E-state index contributed by atoms with van der Waals surface area (Å²) in [6, 6.07) is 7.68. The quantitative estimate of drug-likeness (QED) is 0.705. The number of aromatic nitrogens is 4. The van der Waals surface area contributed by atoms with Gasteiger partial charge in [0.15, 0.2) is 0 Å². The van der Waals surface area contributed by atoms with Crippen LogP contribution < -0.4 is 10.9 Å². The summed E-state index contributed by atoms with van der Waals surface area (Å²) in [5, 5.41) is 20.8. The molecule has 7 nitrogen and oxygen atoms in total. The van der Waals surface area contributed by atoms with E-state index in [0.717, 1.165) is 41.8 Å². The third kappa shape index (κ3) is 3.01. The minimum atomic E-state index is -0.131. The molecule has 5 rings (SSSR count). The molecule has 0 unspecified atom stereocenters. The molecule has 2 N–H and O–H groups in total. The van der Waals surface area contributed by atoms with Crippen molar-refractivity contribution in [1.29, 1.82) is 0 Å². The summed E-state index contributed by atoms with van der Waals surface area (Å²) in [7, 11) is 0. The van der Waals surface area contributed by atoms with Gasteiger partial charge in [0, 0.05) is 17.7 Å². The van der Waals surface area contributed by atoms with E-state index in [-0.39, 0.29) is 11.5 Å². The Bertz CT molecular complexity index is 1110. The SMILES string of the molecule is Cc1nnc(NC(=O)CC2CC3(C2)CC(c2n[nH]c(=O)c4ccccc24)C3)s1. The van der Waals surface area contributed by atoms with Crippen molar-refractivity contribution in [1.82, 2.24) is 20.4 Å². The Balaban J connectivity index is 1.18. The van der Waals surface area contributed by atoms with Crippen LogP contribution in [-0.2, 0) is 4.79 Å². The van der Waals surface area contributed by atoms with Gasteiger partial charge in [-0.05, 0) is 50.0 Å². The Morgan fingerprint density at radius 2 is 1.96 bits per heavy atom. The molecule has 2 aromatic heterocycles. The summed E-state index contributed by atoms with van der Waals surface area (Å²) in [5.74, 6) is 0.858. The molecule has 0 radical (unpaired) electrons. The lowest BCUT2D eigenvalue weighted by atomic mass is 9.47. The molecule has 1 amide bonds. The maximum atomic E-state index is 12.2. The lowest BCUT2D eigenvalue weighted by Gasteiger charge is -2.57. The maximum Gasteiger partial charge on any atom is 0.272 e. The average Bonchev–Trinajstić information content (AvgIpc) is 3.02. The van der Waals surface area contributed by atoms with Crippen molar-refractivity contribution in [3.8, 4) is 0 Å². The standard InChI is InChI=1S/C20H21N5O2S/c1-11-22-25-19(28-11)21-16(26)6-12-7-20(8-12)9-13(10-20)17-14-4-2-3-5-15(14)18(27)24-23-17/h2-5,12-13H,6-10H2,1H3,(H,24,27)(H,21,25,26). The number of amides is 1. The van der Waals surface area contributed by atoms with Crippen LogP contribution in [0, 0.1) is 18.3 Å². The molecule has 0 bridgehead atoms. The third-order valence-electron chi connectivity index (χ3n) is 6.16. The molecule has 3 aromatic rings. The number of hydrogen-bond donors (Lipinski definition) is 2. The van der Waals surface area contributed by atoms with Crippen LogP contribution in [0.3, 0.4) is 0 Å².